The number of benzene rings is 2. The summed E-state index contributed by atoms with van der Waals surface area (Å²) in [5.41, 5.74) is 1.63. The molecule has 3 rings (SSSR count). The minimum atomic E-state index is -0.301. The number of ether oxygens (including phenoxy) is 1. The third-order valence-electron chi connectivity index (χ3n) is 3.92. The number of morpholine rings is 1. The lowest BCUT2D eigenvalue weighted by atomic mass is 10.1. The van der Waals surface area contributed by atoms with Crippen molar-refractivity contribution in [2.24, 2.45) is 0 Å². The number of amides is 2. The van der Waals surface area contributed by atoms with E-state index in [0.717, 1.165) is 5.56 Å². The van der Waals surface area contributed by atoms with Crippen LogP contribution in [0.1, 0.15) is 15.9 Å². The van der Waals surface area contributed by atoms with Gasteiger partial charge in [0.05, 0.1) is 13.2 Å². The fourth-order valence-corrected chi connectivity index (χ4v) is 2.59. The molecule has 0 saturated carbocycles. The molecule has 128 valence electrons. The molecule has 1 aliphatic heterocycles. The van der Waals surface area contributed by atoms with E-state index in [1.54, 1.807) is 35.2 Å². The molecule has 2 aromatic carbocycles. The predicted molar refractivity (Wildman–Crippen MR) is 95.7 cm³/mol. The molecule has 1 aliphatic rings. The summed E-state index contributed by atoms with van der Waals surface area (Å²) in [6.07, 6.45) is 1.71. The first-order valence-corrected chi connectivity index (χ1v) is 8.24. The summed E-state index contributed by atoms with van der Waals surface area (Å²) >= 11 is 0. The standard InChI is InChI=1S/C20H20N2O3/c23-19(17-9-5-2-6-10-17)21-18(15-16-7-3-1-4-8-16)20(24)22-11-13-25-14-12-22/h1-10,15H,11-14H2,(H,21,23). The molecule has 0 spiro atoms. The van der Waals surface area contributed by atoms with E-state index in [1.165, 1.54) is 0 Å². The number of rotatable bonds is 4. The van der Waals surface area contributed by atoms with Crippen molar-refractivity contribution in [1.82, 2.24) is 10.2 Å². The van der Waals surface area contributed by atoms with Crippen molar-refractivity contribution in [2.75, 3.05) is 26.3 Å². The van der Waals surface area contributed by atoms with Crippen LogP contribution in [0.5, 0.6) is 0 Å². The number of hydrogen-bond donors (Lipinski definition) is 1. The zero-order valence-corrected chi connectivity index (χ0v) is 13.9. The van der Waals surface area contributed by atoms with Gasteiger partial charge in [-0.2, -0.15) is 0 Å². The Morgan fingerprint density at radius 3 is 2.16 bits per heavy atom. The van der Waals surface area contributed by atoms with Crippen molar-refractivity contribution in [3.05, 3.63) is 77.5 Å². The van der Waals surface area contributed by atoms with E-state index in [1.807, 2.05) is 36.4 Å². The van der Waals surface area contributed by atoms with Crippen molar-refractivity contribution in [1.29, 1.82) is 0 Å². The average molecular weight is 336 g/mol. The van der Waals surface area contributed by atoms with E-state index in [4.69, 9.17) is 4.74 Å². The molecule has 1 saturated heterocycles. The minimum Gasteiger partial charge on any atom is -0.378 e. The van der Waals surface area contributed by atoms with Gasteiger partial charge in [0.2, 0.25) is 0 Å². The smallest absolute Gasteiger partial charge is 0.270 e. The molecule has 0 aromatic heterocycles. The third-order valence-corrected chi connectivity index (χ3v) is 3.92. The van der Waals surface area contributed by atoms with Crippen LogP contribution in [0.4, 0.5) is 0 Å². The van der Waals surface area contributed by atoms with Crippen LogP contribution in [-0.2, 0) is 9.53 Å². The van der Waals surface area contributed by atoms with Crippen LogP contribution in [-0.4, -0.2) is 43.0 Å². The highest BCUT2D eigenvalue weighted by Crippen LogP contribution is 2.11. The molecule has 1 N–H and O–H groups in total. The molecule has 5 heteroatoms. The topological polar surface area (TPSA) is 58.6 Å². The summed E-state index contributed by atoms with van der Waals surface area (Å²) in [4.78, 5) is 27.0. The van der Waals surface area contributed by atoms with Crippen LogP contribution in [0.15, 0.2) is 66.4 Å². The van der Waals surface area contributed by atoms with Gasteiger partial charge in [0.25, 0.3) is 11.8 Å². The molecule has 25 heavy (non-hydrogen) atoms. The Morgan fingerprint density at radius 1 is 0.920 bits per heavy atom. The van der Waals surface area contributed by atoms with E-state index in [0.29, 0.717) is 31.9 Å². The predicted octanol–water partition coefficient (Wildman–Crippen LogP) is 2.32. The molecule has 0 aliphatic carbocycles. The largest absolute Gasteiger partial charge is 0.378 e. The number of nitrogens with zero attached hydrogens (tertiary/aromatic N) is 1. The second-order valence-electron chi connectivity index (χ2n) is 5.69. The lowest BCUT2D eigenvalue weighted by Crippen LogP contribution is -2.44. The molecule has 2 amide bonds. The quantitative estimate of drug-likeness (QED) is 0.872. The van der Waals surface area contributed by atoms with Crippen LogP contribution in [0.25, 0.3) is 6.08 Å². The van der Waals surface area contributed by atoms with Crippen LogP contribution in [0, 0.1) is 0 Å². The Balaban J connectivity index is 1.85. The SMILES string of the molecule is O=C(NC(=Cc1ccccc1)C(=O)N1CCOCC1)c1ccccc1. The van der Waals surface area contributed by atoms with Gasteiger partial charge in [-0.05, 0) is 23.8 Å². The minimum absolute atomic E-state index is 0.198. The van der Waals surface area contributed by atoms with Crippen molar-refractivity contribution >= 4 is 17.9 Å². The van der Waals surface area contributed by atoms with Crippen molar-refractivity contribution < 1.29 is 14.3 Å². The summed E-state index contributed by atoms with van der Waals surface area (Å²) in [6, 6.07) is 18.3. The summed E-state index contributed by atoms with van der Waals surface area (Å²) in [7, 11) is 0. The van der Waals surface area contributed by atoms with Gasteiger partial charge in [-0.15, -0.1) is 0 Å². The van der Waals surface area contributed by atoms with Gasteiger partial charge in [-0.1, -0.05) is 48.5 Å². The van der Waals surface area contributed by atoms with E-state index < -0.39 is 0 Å². The highest BCUT2D eigenvalue weighted by Gasteiger charge is 2.22. The first-order chi connectivity index (χ1) is 12.2. The second kappa shape index (κ2) is 8.26. The zero-order valence-electron chi connectivity index (χ0n) is 13.9. The number of carbonyl (C=O) groups excluding carboxylic acids is 2. The van der Waals surface area contributed by atoms with Gasteiger partial charge in [-0.25, -0.2) is 0 Å². The van der Waals surface area contributed by atoms with Crippen molar-refractivity contribution in [3.63, 3.8) is 0 Å². The molecule has 0 unspecified atom stereocenters. The summed E-state index contributed by atoms with van der Waals surface area (Å²) in [5, 5.41) is 2.77. The Labute approximate surface area is 146 Å². The van der Waals surface area contributed by atoms with Gasteiger partial charge in [-0.3, -0.25) is 9.59 Å². The molecule has 5 nitrogen and oxygen atoms in total. The molecule has 2 aromatic rings. The molecular weight excluding hydrogens is 316 g/mol. The Morgan fingerprint density at radius 2 is 1.52 bits per heavy atom. The molecule has 0 atom stereocenters. The average Bonchev–Trinajstić information content (AvgIpc) is 2.69. The number of hydrogen-bond acceptors (Lipinski definition) is 3. The lowest BCUT2D eigenvalue weighted by molar-refractivity contribution is -0.131. The van der Waals surface area contributed by atoms with E-state index in [2.05, 4.69) is 5.32 Å². The van der Waals surface area contributed by atoms with E-state index in [-0.39, 0.29) is 17.5 Å². The zero-order chi connectivity index (χ0) is 17.5. The van der Waals surface area contributed by atoms with E-state index >= 15 is 0 Å². The maximum atomic E-state index is 12.9. The van der Waals surface area contributed by atoms with Gasteiger partial charge >= 0.3 is 0 Å². The summed E-state index contributed by atoms with van der Waals surface area (Å²) in [6.45, 7) is 2.06. The maximum absolute atomic E-state index is 12.9. The number of nitrogens with one attached hydrogen (secondary N) is 1. The summed E-state index contributed by atoms with van der Waals surface area (Å²) in [5.74, 6) is -0.499. The first-order valence-electron chi connectivity index (χ1n) is 8.24. The van der Waals surface area contributed by atoms with Crippen LogP contribution >= 0.6 is 0 Å². The van der Waals surface area contributed by atoms with Gasteiger partial charge in [0, 0.05) is 18.7 Å². The second-order valence-corrected chi connectivity index (χ2v) is 5.69. The Kier molecular flexibility index (Phi) is 5.59. The third kappa shape index (κ3) is 4.55. The fourth-order valence-electron chi connectivity index (χ4n) is 2.59. The summed E-state index contributed by atoms with van der Waals surface area (Å²) < 4.78 is 5.30. The first kappa shape index (κ1) is 16.9. The molecular formula is C20H20N2O3. The Hall–Kier alpha value is -2.92. The van der Waals surface area contributed by atoms with Crippen LogP contribution in [0.2, 0.25) is 0 Å². The molecule has 1 fully saturated rings. The van der Waals surface area contributed by atoms with Crippen LogP contribution < -0.4 is 5.32 Å². The van der Waals surface area contributed by atoms with Gasteiger partial charge in [0.15, 0.2) is 0 Å². The fraction of sp³-hybridized carbons (Fsp3) is 0.200. The molecule has 0 radical (unpaired) electrons. The van der Waals surface area contributed by atoms with Crippen molar-refractivity contribution in [2.45, 2.75) is 0 Å². The Bertz CT molecular complexity index is 751. The number of carbonyl (C=O) groups is 2. The maximum Gasteiger partial charge on any atom is 0.270 e. The van der Waals surface area contributed by atoms with E-state index in [9.17, 15) is 9.59 Å². The highest BCUT2D eigenvalue weighted by atomic mass is 16.5. The van der Waals surface area contributed by atoms with Crippen molar-refractivity contribution in [3.8, 4) is 0 Å². The molecule has 0 bridgehead atoms. The molecule has 1 heterocycles. The normalized spacial score (nSPS) is 14.9. The lowest BCUT2D eigenvalue weighted by Gasteiger charge is -2.27. The van der Waals surface area contributed by atoms with Gasteiger partial charge < -0.3 is 15.0 Å². The highest BCUT2D eigenvalue weighted by molar-refractivity contribution is 6.05. The van der Waals surface area contributed by atoms with Crippen LogP contribution in [0.3, 0.4) is 0 Å². The van der Waals surface area contributed by atoms with Gasteiger partial charge in [0.1, 0.15) is 5.70 Å². The monoisotopic (exact) mass is 336 g/mol.